The second kappa shape index (κ2) is 21.5. The molecule has 1 saturated heterocycles. The average Bonchev–Trinajstić information content (AvgIpc) is 4.07. The van der Waals surface area contributed by atoms with E-state index in [4.69, 9.17) is 25.0 Å². The number of ether oxygens (including phenoxy) is 2. The van der Waals surface area contributed by atoms with Crippen LogP contribution in [0.25, 0.3) is 0 Å². The number of nitrogens with zero attached hydrogens (tertiary/aromatic N) is 6. The molecule has 0 N–H and O–H groups in total. The van der Waals surface area contributed by atoms with Gasteiger partial charge in [-0.1, -0.05) is 46.9 Å². The van der Waals surface area contributed by atoms with Gasteiger partial charge < -0.3 is 23.7 Å². The SMILES string of the molecule is CN(C)C(=O)[C@@H]1C[C@@H]1I.COc1ccc(Cn2cc(B3OC(C)(C)C(C)(C)O3)c(C(F)(F)F)n2)cc1.COc1ccc(Cn2cc([C@H]3C[C@H]3C(=O)N(C)OC)c(C(F)(F)F)n2)cc1.[2H]CF. The van der Waals surface area contributed by atoms with Crippen molar-refractivity contribution in [2.75, 3.05) is 49.6 Å². The van der Waals surface area contributed by atoms with Gasteiger partial charge >= 0.3 is 19.5 Å². The van der Waals surface area contributed by atoms with Crippen molar-refractivity contribution in [2.45, 2.75) is 87.0 Å². The monoisotopic (exact) mass is 1040 g/mol. The van der Waals surface area contributed by atoms with Gasteiger partial charge in [-0.3, -0.25) is 28.2 Å². The summed E-state index contributed by atoms with van der Waals surface area (Å²) in [5.74, 6) is 0.602. The van der Waals surface area contributed by atoms with Crippen molar-refractivity contribution in [1.29, 1.82) is 0 Å². The summed E-state index contributed by atoms with van der Waals surface area (Å²) in [6.45, 7) is 7.55. The predicted molar refractivity (Wildman–Crippen MR) is 237 cm³/mol. The van der Waals surface area contributed by atoms with Crippen molar-refractivity contribution in [1.82, 2.24) is 29.5 Å². The van der Waals surface area contributed by atoms with E-state index in [1.807, 2.05) is 14.1 Å². The van der Waals surface area contributed by atoms with Crippen LogP contribution < -0.4 is 14.9 Å². The molecule has 2 aromatic carbocycles. The summed E-state index contributed by atoms with van der Waals surface area (Å²) in [7, 11) is 7.36. The van der Waals surface area contributed by atoms with E-state index in [0.717, 1.165) is 22.6 Å². The topological polar surface area (TPSA) is 122 Å². The van der Waals surface area contributed by atoms with Crippen LogP contribution in [-0.2, 0) is 49.2 Å². The molecule has 2 aromatic heterocycles. The lowest BCUT2D eigenvalue weighted by Gasteiger charge is -2.32. The highest BCUT2D eigenvalue weighted by molar-refractivity contribution is 14.1. The standard InChI is InChI=1S/C18H22BF3N2O3.C18H20F3N3O3.C6H10INO.CH3F/c1-16(2)17(3,4)27-19(26-16)14-11-24(23-15(14)18(20,21)22)10-12-6-8-13(25-5)9-7-12;1-23(27-3)17(25)14-8-13(14)15-10-24(22-16(15)18(19,20)21)9-11-4-6-12(26-2)7-5-11;1-8(2)6(9)4-3-5(4)7;1-2/h6-9,11H,10H2,1-5H3;4-7,10,13-14H,8-9H2,1-3H3;4-5H,3H2,1-2H3;1H3/t;13-,14+;4-,5+;/m.01./s1/i;;;1D. The predicted octanol–water partition coefficient (Wildman–Crippen LogP) is 7.82. The van der Waals surface area contributed by atoms with Crippen LogP contribution in [0.5, 0.6) is 11.5 Å². The highest BCUT2D eigenvalue weighted by Gasteiger charge is 2.55. The van der Waals surface area contributed by atoms with E-state index in [1.54, 1.807) is 95.3 Å². The van der Waals surface area contributed by atoms with Gasteiger partial charge in [0.1, 0.15) is 11.5 Å². The third kappa shape index (κ3) is 13.6. The Morgan fingerprint density at radius 3 is 1.58 bits per heavy atom. The Morgan fingerprint density at radius 1 is 0.785 bits per heavy atom. The highest BCUT2D eigenvalue weighted by Crippen LogP contribution is 2.51. The number of rotatable bonds is 11. The van der Waals surface area contributed by atoms with Gasteiger partial charge in [0.2, 0.25) is 11.8 Å². The Morgan fingerprint density at radius 2 is 1.22 bits per heavy atom. The fourth-order valence-electron chi connectivity index (χ4n) is 6.61. The van der Waals surface area contributed by atoms with Gasteiger partial charge in [0.05, 0.1) is 60.1 Å². The van der Waals surface area contributed by atoms with Gasteiger partial charge in [-0.15, -0.1) is 0 Å². The Bertz CT molecular complexity index is 2210. The van der Waals surface area contributed by atoms with Crippen LogP contribution in [0.1, 0.15) is 75.9 Å². The molecule has 7 rings (SSSR count). The number of hydrogen-bond donors (Lipinski definition) is 0. The lowest BCUT2D eigenvalue weighted by molar-refractivity contribution is -0.170. The van der Waals surface area contributed by atoms with Crippen molar-refractivity contribution in [3.8, 4) is 11.5 Å². The van der Waals surface area contributed by atoms with E-state index in [2.05, 4.69) is 32.8 Å². The van der Waals surface area contributed by atoms with E-state index in [9.17, 15) is 40.3 Å². The van der Waals surface area contributed by atoms with Crippen molar-refractivity contribution < 1.29 is 65.3 Å². The molecule has 4 atom stereocenters. The second-order valence-corrected chi connectivity index (χ2v) is 18.2. The summed E-state index contributed by atoms with van der Waals surface area (Å²) < 4.78 is 121. The van der Waals surface area contributed by atoms with E-state index in [-0.39, 0.29) is 35.9 Å². The molecular weight excluding hydrogens is 983 g/mol. The lowest BCUT2D eigenvalue weighted by Crippen LogP contribution is -2.41. The molecule has 358 valence electrons. The maximum absolute atomic E-state index is 13.5. The summed E-state index contributed by atoms with van der Waals surface area (Å²) >= 11 is 2.32. The molecule has 0 spiro atoms. The van der Waals surface area contributed by atoms with Crippen LogP contribution in [0.3, 0.4) is 0 Å². The van der Waals surface area contributed by atoms with Crippen LogP contribution >= 0.6 is 22.6 Å². The number of carbonyl (C=O) groups excluding carboxylic acids is 2. The van der Waals surface area contributed by atoms with E-state index in [1.165, 1.54) is 35.9 Å². The van der Waals surface area contributed by atoms with Crippen molar-refractivity contribution in [3.63, 3.8) is 0 Å². The van der Waals surface area contributed by atoms with E-state index < -0.39 is 61.1 Å². The zero-order valence-electron chi connectivity index (χ0n) is 38.8. The smallest absolute Gasteiger partial charge is 0.497 e. The first-order valence-corrected chi connectivity index (χ1v) is 21.4. The number of alkyl halides is 8. The van der Waals surface area contributed by atoms with Crippen molar-refractivity contribution in [3.05, 3.63) is 89.0 Å². The van der Waals surface area contributed by atoms with Crippen LogP contribution in [0.2, 0.25) is 0 Å². The minimum Gasteiger partial charge on any atom is -0.497 e. The zero-order valence-corrected chi connectivity index (χ0v) is 39.9. The van der Waals surface area contributed by atoms with Crippen molar-refractivity contribution in [2.24, 2.45) is 11.8 Å². The largest absolute Gasteiger partial charge is 0.498 e. The van der Waals surface area contributed by atoms with Crippen LogP contribution in [0.15, 0.2) is 60.9 Å². The minimum absolute atomic E-state index is 0.0545. The zero-order chi connectivity index (χ0) is 49.5. The van der Waals surface area contributed by atoms with Crippen molar-refractivity contribution >= 4 is 47.0 Å². The fraction of sp³-hybridized carbons (Fsp3) is 0.535. The van der Waals surface area contributed by atoms with Crippen LogP contribution in [0, 0.1) is 11.8 Å². The van der Waals surface area contributed by atoms with E-state index >= 15 is 0 Å². The number of hydroxylamine groups is 2. The maximum atomic E-state index is 13.5. The molecule has 3 aliphatic rings. The number of halogens is 8. The molecule has 2 amide bonds. The quantitative estimate of drug-likeness (QED) is 0.0487. The maximum Gasteiger partial charge on any atom is 0.498 e. The summed E-state index contributed by atoms with van der Waals surface area (Å²) in [6, 6.07) is 14.1. The van der Waals surface area contributed by atoms with Gasteiger partial charge in [0.15, 0.2) is 11.4 Å². The van der Waals surface area contributed by atoms with Gasteiger partial charge in [0, 0.05) is 60.3 Å². The third-order valence-corrected chi connectivity index (χ3v) is 12.6. The minimum atomic E-state index is -4.61. The number of benzene rings is 2. The molecule has 0 bridgehead atoms. The number of hydrogen-bond acceptors (Lipinski definition) is 9. The van der Waals surface area contributed by atoms with Gasteiger partial charge in [-0.2, -0.15) is 36.5 Å². The van der Waals surface area contributed by atoms with E-state index in [0.29, 0.717) is 27.8 Å². The fourth-order valence-corrected chi connectivity index (χ4v) is 7.47. The average molecular weight is 1040 g/mol. The molecule has 2 aliphatic carbocycles. The first-order chi connectivity index (χ1) is 30.7. The van der Waals surface area contributed by atoms with Gasteiger partial charge in [0.25, 0.3) is 0 Å². The van der Waals surface area contributed by atoms with Crippen LogP contribution in [0.4, 0.5) is 30.7 Å². The highest BCUT2D eigenvalue weighted by atomic mass is 127. The normalized spacial score (nSPS) is 20.4. The second-order valence-electron chi connectivity index (χ2n) is 16.6. The van der Waals surface area contributed by atoms with Gasteiger partial charge in [-0.25, -0.2) is 5.06 Å². The Labute approximate surface area is 389 Å². The number of amides is 2. The molecule has 4 aromatic rings. The molecule has 65 heavy (non-hydrogen) atoms. The molecule has 0 unspecified atom stereocenters. The first-order valence-electron chi connectivity index (χ1n) is 20.8. The number of carbonyl (C=O) groups is 2. The number of methoxy groups -OCH3 is 2. The summed E-state index contributed by atoms with van der Waals surface area (Å²) in [5, 5.41) is 8.54. The summed E-state index contributed by atoms with van der Waals surface area (Å²) in [4.78, 5) is 29.7. The Hall–Kier alpha value is -4.42. The molecule has 2 saturated carbocycles. The first kappa shape index (κ1) is 51.6. The molecule has 3 heterocycles. The Kier molecular flexibility index (Phi) is 17.0. The summed E-state index contributed by atoms with van der Waals surface area (Å²) in [6.07, 6.45) is -5.03. The molecule has 22 heteroatoms. The van der Waals surface area contributed by atoms with Crippen LogP contribution in [-0.4, -0.2) is 113 Å². The molecule has 13 nitrogen and oxygen atoms in total. The lowest BCUT2D eigenvalue weighted by atomic mass is 9.79. The summed E-state index contributed by atoms with van der Waals surface area (Å²) in [5.41, 5.74) is -1.87. The molecule has 3 fully saturated rings. The van der Waals surface area contributed by atoms with Gasteiger partial charge in [-0.05, 0) is 75.9 Å². The number of aromatic nitrogens is 4. The Balaban J connectivity index is 0.000000231. The molecule has 0 radical (unpaired) electrons. The molecule has 1 aliphatic heterocycles. The third-order valence-electron chi connectivity index (χ3n) is 11.2. The molecular formula is C43H55BF7IN6O7.